The molecule has 1 N–H and O–H groups in total. The molecule has 5 heteroatoms. The Balaban J connectivity index is 1.81. The summed E-state index contributed by atoms with van der Waals surface area (Å²) >= 11 is 0. The molecule has 0 fully saturated rings. The molecule has 0 aliphatic carbocycles. The van der Waals surface area contributed by atoms with Crippen molar-refractivity contribution in [3.63, 3.8) is 0 Å². The molecule has 1 amide bonds. The second kappa shape index (κ2) is 9.12. The summed E-state index contributed by atoms with van der Waals surface area (Å²) in [4.78, 5) is 35.9. The molecule has 0 spiro atoms. The highest BCUT2D eigenvalue weighted by Gasteiger charge is 2.19. The molecule has 2 aromatic rings. The minimum atomic E-state index is -0.571. The van der Waals surface area contributed by atoms with Crippen LogP contribution >= 0.6 is 0 Å². The van der Waals surface area contributed by atoms with Gasteiger partial charge in [-0.3, -0.25) is 14.4 Å². The van der Waals surface area contributed by atoms with E-state index in [2.05, 4.69) is 26.1 Å². The van der Waals surface area contributed by atoms with Crippen LogP contribution in [0.3, 0.4) is 0 Å². The van der Waals surface area contributed by atoms with Crippen LogP contribution in [0.15, 0.2) is 54.6 Å². The predicted molar refractivity (Wildman–Crippen MR) is 105 cm³/mol. The normalized spacial score (nSPS) is 10.9. The van der Waals surface area contributed by atoms with E-state index in [-0.39, 0.29) is 30.6 Å². The highest BCUT2D eigenvalue weighted by atomic mass is 16.5. The van der Waals surface area contributed by atoms with Crippen LogP contribution in [0.2, 0.25) is 0 Å². The van der Waals surface area contributed by atoms with Crippen molar-refractivity contribution in [3.8, 4) is 0 Å². The van der Waals surface area contributed by atoms with Gasteiger partial charge in [0.05, 0.1) is 6.42 Å². The van der Waals surface area contributed by atoms with E-state index in [1.165, 1.54) is 0 Å². The average Bonchev–Trinajstić information content (AvgIpc) is 2.64. The van der Waals surface area contributed by atoms with Crippen molar-refractivity contribution in [1.82, 2.24) is 0 Å². The van der Waals surface area contributed by atoms with Gasteiger partial charge in [-0.25, -0.2) is 0 Å². The maximum absolute atomic E-state index is 12.1. The molecule has 0 saturated heterocycles. The van der Waals surface area contributed by atoms with Crippen LogP contribution in [-0.2, 0) is 19.7 Å². The SMILES string of the molecule is CC(C)(C)c1ccccc1NC(=O)COC(=O)CCC(=O)c1ccccc1. The van der Waals surface area contributed by atoms with Gasteiger partial charge in [0.2, 0.25) is 0 Å². The lowest BCUT2D eigenvalue weighted by Crippen LogP contribution is -2.23. The standard InChI is InChI=1S/C22H25NO4/c1-22(2,3)17-11-7-8-12-18(17)23-20(25)15-27-21(26)14-13-19(24)16-9-5-4-6-10-16/h4-12H,13-15H2,1-3H3,(H,23,25). The molecule has 0 aromatic heterocycles. The maximum atomic E-state index is 12.1. The van der Waals surface area contributed by atoms with E-state index in [0.717, 1.165) is 5.56 Å². The summed E-state index contributed by atoms with van der Waals surface area (Å²) in [7, 11) is 0. The first kappa shape index (κ1) is 20.4. The van der Waals surface area contributed by atoms with Crippen molar-refractivity contribution in [3.05, 3.63) is 65.7 Å². The Bertz CT molecular complexity index is 807. The van der Waals surface area contributed by atoms with Gasteiger partial charge in [-0.1, -0.05) is 69.3 Å². The molecule has 0 bridgehead atoms. The van der Waals surface area contributed by atoms with Crippen molar-refractivity contribution in [2.45, 2.75) is 39.0 Å². The Hall–Kier alpha value is -2.95. The number of nitrogens with one attached hydrogen (secondary N) is 1. The zero-order valence-corrected chi connectivity index (χ0v) is 16.0. The van der Waals surface area contributed by atoms with Gasteiger partial charge in [0.15, 0.2) is 12.4 Å². The number of anilines is 1. The molecule has 2 aromatic carbocycles. The van der Waals surface area contributed by atoms with E-state index in [0.29, 0.717) is 11.3 Å². The summed E-state index contributed by atoms with van der Waals surface area (Å²) in [6.07, 6.45) is -0.00307. The predicted octanol–water partition coefficient (Wildman–Crippen LogP) is 4.13. The van der Waals surface area contributed by atoms with Crippen LogP contribution in [0.1, 0.15) is 49.5 Å². The third-order valence-electron chi connectivity index (χ3n) is 4.03. The maximum Gasteiger partial charge on any atom is 0.306 e. The number of hydrogen-bond acceptors (Lipinski definition) is 4. The highest BCUT2D eigenvalue weighted by molar-refractivity contribution is 5.98. The Morgan fingerprint density at radius 2 is 1.52 bits per heavy atom. The van der Waals surface area contributed by atoms with Crippen LogP contribution in [0, 0.1) is 0 Å². The third kappa shape index (κ3) is 6.37. The van der Waals surface area contributed by atoms with Gasteiger partial charge in [0.1, 0.15) is 0 Å². The first-order chi connectivity index (χ1) is 12.8. The second-order valence-corrected chi connectivity index (χ2v) is 7.29. The number of rotatable bonds is 7. The minimum Gasteiger partial charge on any atom is -0.456 e. The first-order valence-corrected chi connectivity index (χ1v) is 8.90. The van der Waals surface area contributed by atoms with E-state index < -0.39 is 11.9 Å². The number of carbonyl (C=O) groups is 3. The molecule has 5 nitrogen and oxygen atoms in total. The van der Waals surface area contributed by atoms with Crippen molar-refractivity contribution < 1.29 is 19.1 Å². The van der Waals surface area contributed by atoms with Crippen molar-refractivity contribution in [1.29, 1.82) is 0 Å². The molecule has 142 valence electrons. The lowest BCUT2D eigenvalue weighted by atomic mass is 9.86. The molecule has 0 atom stereocenters. The topological polar surface area (TPSA) is 72.5 Å². The van der Waals surface area contributed by atoms with Gasteiger partial charge in [-0.2, -0.15) is 0 Å². The van der Waals surface area contributed by atoms with E-state index in [9.17, 15) is 14.4 Å². The minimum absolute atomic E-state index is 0.0529. The van der Waals surface area contributed by atoms with E-state index in [1.54, 1.807) is 24.3 Å². The Kier molecular flexibility index (Phi) is 6.88. The Morgan fingerprint density at radius 3 is 2.19 bits per heavy atom. The number of amides is 1. The summed E-state index contributed by atoms with van der Waals surface area (Å²) in [5, 5.41) is 2.78. The van der Waals surface area contributed by atoms with Gasteiger partial charge in [-0.05, 0) is 17.0 Å². The van der Waals surface area contributed by atoms with Crippen molar-refractivity contribution >= 4 is 23.3 Å². The lowest BCUT2D eigenvalue weighted by molar-refractivity contribution is -0.147. The van der Waals surface area contributed by atoms with Crippen LogP contribution in [0.4, 0.5) is 5.69 Å². The van der Waals surface area contributed by atoms with Gasteiger partial charge < -0.3 is 10.1 Å². The molecule has 2 rings (SSSR count). The Labute approximate surface area is 159 Å². The molecule has 0 saturated carbocycles. The molecule has 0 aliphatic rings. The fourth-order valence-corrected chi connectivity index (χ4v) is 2.63. The summed E-state index contributed by atoms with van der Waals surface area (Å²) in [5.41, 5.74) is 2.13. The summed E-state index contributed by atoms with van der Waals surface area (Å²) in [6, 6.07) is 16.3. The fourth-order valence-electron chi connectivity index (χ4n) is 2.63. The first-order valence-electron chi connectivity index (χ1n) is 8.90. The quantitative estimate of drug-likeness (QED) is 0.590. The Morgan fingerprint density at radius 1 is 0.889 bits per heavy atom. The molecule has 0 heterocycles. The van der Waals surface area contributed by atoms with E-state index in [1.807, 2.05) is 30.3 Å². The number of ketones is 1. The molecule has 27 heavy (non-hydrogen) atoms. The van der Waals surface area contributed by atoms with Crippen molar-refractivity contribution in [2.75, 3.05) is 11.9 Å². The summed E-state index contributed by atoms with van der Waals surface area (Å²) in [6.45, 7) is 5.79. The van der Waals surface area contributed by atoms with Crippen molar-refractivity contribution in [2.24, 2.45) is 0 Å². The van der Waals surface area contributed by atoms with Crippen LogP contribution in [-0.4, -0.2) is 24.3 Å². The number of Topliss-reactive ketones (excluding diaryl/α,β-unsaturated/α-hetero) is 1. The third-order valence-corrected chi connectivity index (χ3v) is 4.03. The highest BCUT2D eigenvalue weighted by Crippen LogP contribution is 2.29. The van der Waals surface area contributed by atoms with Crippen LogP contribution in [0.5, 0.6) is 0 Å². The summed E-state index contributed by atoms with van der Waals surface area (Å²) < 4.78 is 4.98. The van der Waals surface area contributed by atoms with E-state index >= 15 is 0 Å². The number of esters is 1. The number of para-hydroxylation sites is 1. The number of hydrogen-bond donors (Lipinski definition) is 1. The largest absolute Gasteiger partial charge is 0.456 e. The molecular weight excluding hydrogens is 342 g/mol. The number of ether oxygens (including phenoxy) is 1. The van der Waals surface area contributed by atoms with Gasteiger partial charge >= 0.3 is 5.97 Å². The van der Waals surface area contributed by atoms with Crippen LogP contribution < -0.4 is 5.32 Å². The summed E-state index contributed by atoms with van der Waals surface area (Å²) in [5.74, 6) is -1.11. The molecule has 0 radical (unpaired) electrons. The van der Waals surface area contributed by atoms with Gasteiger partial charge in [0, 0.05) is 17.7 Å². The van der Waals surface area contributed by atoms with Gasteiger partial charge in [-0.15, -0.1) is 0 Å². The fraction of sp³-hybridized carbons (Fsp3) is 0.318. The number of benzene rings is 2. The zero-order chi connectivity index (χ0) is 19.9. The second-order valence-electron chi connectivity index (χ2n) is 7.29. The lowest BCUT2D eigenvalue weighted by Gasteiger charge is -2.22. The monoisotopic (exact) mass is 367 g/mol. The smallest absolute Gasteiger partial charge is 0.306 e. The van der Waals surface area contributed by atoms with Gasteiger partial charge in [0.25, 0.3) is 5.91 Å². The van der Waals surface area contributed by atoms with E-state index in [4.69, 9.17) is 4.74 Å². The zero-order valence-electron chi connectivity index (χ0n) is 16.0. The average molecular weight is 367 g/mol. The number of carbonyl (C=O) groups excluding carboxylic acids is 3. The molecule has 0 unspecified atom stereocenters. The van der Waals surface area contributed by atoms with Crippen LogP contribution in [0.25, 0.3) is 0 Å². The molecular formula is C22H25NO4. The molecule has 0 aliphatic heterocycles.